The molecule has 3 aromatic carbocycles. The van der Waals surface area contributed by atoms with Crippen molar-refractivity contribution in [1.82, 2.24) is 10.3 Å². The highest BCUT2D eigenvalue weighted by Crippen LogP contribution is 2.27. The Morgan fingerprint density at radius 2 is 1.57 bits per heavy atom. The van der Waals surface area contributed by atoms with Crippen LogP contribution in [0.15, 0.2) is 97.2 Å². The molecule has 2 N–H and O–H groups in total. The van der Waals surface area contributed by atoms with Crippen LogP contribution in [0.2, 0.25) is 0 Å². The number of aromatic nitrogens is 1. The monoisotopic (exact) mass is 635 g/mol. The van der Waals surface area contributed by atoms with Crippen molar-refractivity contribution in [3.8, 4) is 22.6 Å². The molecule has 0 fully saturated rings. The number of nitrogens with zero attached hydrogens (tertiary/aromatic N) is 1. The lowest BCUT2D eigenvalue weighted by atomic mass is 9.98. The second-order valence-corrected chi connectivity index (χ2v) is 9.94. The van der Waals surface area contributed by atoms with Gasteiger partial charge in [-0.3, -0.25) is 9.59 Å². The van der Waals surface area contributed by atoms with Crippen molar-refractivity contribution in [2.24, 2.45) is 0 Å². The van der Waals surface area contributed by atoms with E-state index in [1.165, 1.54) is 12.1 Å². The van der Waals surface area contributed by atoms with Gasteiger partial charge in [0.15, 0.2) is 0 Å². The number of ether oxygens (including phenoxy) is 3. The number of hydrogen-bond acceptors (Lipinski definition) is 8. The Bertz CT molecular complexity index is 1600. The maximum absolute atomic E-state index is 13.3. The fourth-order valence-corrected chi connectivity index (χ4v) is 4.35. The summed E-state index contributed by atoms with van der Waals surface area (Å²) in [6.07, 6.45) is -3.73. The Hall–Kier alpha value is -5.39. The molecular weight excluding hydrogens is 603 g/mol. The van der Waals surface area contributed by atoms with Gasteiger partial charge in [-0.05, 0) is 72.5 Å². The molecule has 0 spiro atoms. The maximum Gasteiger partial charge on any atom is 0.491 e. The average molecular weight is 636 g/mol. The quantitative estimate of drug-likeness (QED) is 0.0914. The van der Waals surface area contributed by atoms with Crippen LogP contribution < -0.4 is 20.1 Å². The summed E-state index contributed by atoms with van der Waals surface area (Å²) < 4.78 is 53.3. The van der Waals surface area contributed by atoms with Gasteiger partial charge in [-0.1, -0.05) is 48.5 Å². The van der Waals surface area contributed by atoms with Gasteiger partial charge < -0.3 is 24.8 Å². The van der Waals surface area contributed by atoms with Gasteiger partial charge in [0.25, 0.3) is 5.91 Å². The Morgan fingerprint density at radius 1 is 0.848 bits per heavy atom. The van der Waals surface area contributed by atoms with Gasteiger partial charge >= 0.3 is 18.1 Å². The fourth-order valence-electron chi connectivity index (χ4n) is 4.35. The minimum absolute atomic E-state index is 0.194. The molecule has 0 saturated heterocycles. The average Bonchev–Trinajstić information content (AvgIpc) is 3.05. The van der Waals surface area contributed by atoms with E-state index < -0.39 is 36.5 Å². The molecule has 0 aliphatic carbocycles. The van der Waals surface area contributed by atoms with E-state index in [1.54, 1.807) is 42.6 Å². The van der Waals surface area contributed by atoms with Crippen LogP contribution in [-0.4, -0.2) is 48.8 Å². The molecule has 0 radical (unpaired) electrons. The van der Waals surface area contributed by atoms with Gasteiger partial charge in [-0.25, -0.2) is 9.78 Å². The van der Waals surface area contributed by atoms with Crippen LogP contribution in [0.25, 0.3) is 11.1 Å². The van der Waals surface area contributed by atoms with Crippen molar-refractivity contribution in [3.05, 3.63) is 108 Å². The lowest BCUT2D eigenvalue weighted by molar-refractivity contribution is -0.202. The zero-order valence-corrected chi connectivity index (χ0v) is 24.9. The number of nitrogens with one attached hydrogen (secondary N) is 2. The second-order valence-electron chi connectivity index (χ2n) is 9.94. The van der Waals surface area contributed by atoms with E-state index in [0.29, 0.717) is 43.2 Å². The van der Waals surface area contributed by atoms with Crippen molar-refractivity contribution >= 4 is 23.7 Å². The number of alkyl halides is 3. The first-order valence-corrected chi connectivity index (χ1v) is 14.5. The highest BCUT2D eigenvalue weighted by Gasteiger charge is 2.42. The first kappa shape index (κ1) is 33.5. The number of halogens is 3. The van der Waals surface area contributed by atoms with Gasteiger partial charge in [-0.15, -0.1) is 0 Å². The summed E-state index contributed by atoms with van der Waals surface area (Å²) in [5, 5.41) is 5.84. The largest absolute Gasteiger partial charge is 0.494 e. The van der Waals surface area contributed by atoms with Gasteiger partial charge in [0.05, 0.1) is 25.7 Å². The van der Waals surface area contributed by atoms with Crippen molar-refractivity contribution in [3.63, 3.8) is 0 Å². The second kappa shape index (κ2) is 16.1. The lowest BCUT2D eigenvalue weighted by Gasteiger charge is -2.19. The molecule has 1 heterocycles. The molecule has 1 amide bonds. The third-order valence-electron chi connectivity index (χ3n) is 6.58. The molecular formula is C34H32F3N3O6. The molecule has 4 rings (SSSR count). The number of amides is 1. The molecule has 4 aromatic rings. The third-order valence-corrected chi connectivity index (χ3v) is 6.58. The van der Waals surface area contributed by atoms with Gasteiger partial charge in [0, 0.05) is 18.3 Å². The van der Waals surface area contributed by atoms with E-state index >= 15 is 0 Å². The zero-order chi connectivity index (χ0) is 32.9. The number of anilines is 1. The summed E-state index contributed by atoms with van der Waals surface area (Å²) in [6.45, 7) is 3.38. The number of benzene rings is 3. The summed E-state index contributed by atoms with van der Waals surface area (Å²) in [6, 6.07) is 24.9. The van der Waals surface area contributed by atoms with E-state index in [0.717, 1.165) is 16.9 Å². The molecule has 240 valence electrons. The van der Waals surface area contributed by atoms with E-state index in [4.69, 9.17) is 9.47 Å². The summed E-state index contributed by atoms with van der Waals surface area (Å²) in [5.74, 6) is -2.80. The molecule has 0 saturated carbocycles. The Morgan fingerprint density at radius 3 is 2.22 bits per heavy atom. The van der Waals surface area contributed by atoms with Crippen molar-refractivity contribution < 1.29 is 41.8 Å². The van der Waals surface area contributed by atoms with E-state index in [1.807, 2.05) is 49.4 Å². The summed E-state index contributed by atoms with van der Waals surface area (Å²) in [4.78, 5) is 41.1. The molecule has 0 bridgehead atoms. The molecule has 0 aliphatic rings. The van der Waals surface area contributed by atoms with Crippen LogP contribution in [-0.2, 0) is 14.3 Å². The Kier molecular flexibility index (Phi) is 11.7. The molecule has 1 unspecified atom stereocenters. The highest BCUT2D eigenvalue weighted by molar-refractivity contribution is 5.95. The van der Waals surface area contributed by atoms with Crippen LogP contribution in [0.1, 0.15) is 41.7 Å². The number of pyridine rings is 1. The molecule has 46 heavy (non-hydrogen) atoms. The molecule has 0 aliphatic heterocycles. The number of rotatable bonds is 14. The van der Waals surface area contributed by atoms with Gasteiger partial charge in [-0.2, -0.15) is 13.2 Å². The third kappa shape index (κ3) is 10.1. The first-order chi connectivity index (χ1) is 22.1. The number of esters is 2. The Labute approximate surface area is 263 Å². The predicted octanol–water partition coefficient (Wildman–Crippen LogP) is 6.52. The van der Waals surface area contributed by atoms with E-state index in [2.05, 4.69) is 20.4 Å². The molecule has 1 aromatic heterocycles. The zero-order valence-electron chi connectivity index (χ0n) is 24.9. The minimum Gasteiger partial charge on any atom is -0.494 e. The van der Waals surface area contributed by atoms with Crippen LogP contribution in [0.3, 0.4) is 0 Å². The standard InChI is InChI=1S/C34H32F3N3O6/c1-2-44-27-16-14-24(15-17-27)23-10-12-25(13-11-23)29(22-31(41)46-33(43)34(35,36)37)40-32(42)26-7-5-8-28(21-26)45-20-6-19-39-30-9-3-4-18-38-30/h3-5,7-18,21,29H,2,6,19-20,22H2,1H3,(H,38,39)(H,40,42). The summed E-state index contributed by atoms with van der Waals surface area (Å²) >= 11 is 0. The normalized spacial score (nSPS) is 11.7. The smallest absolute Gasteiger partial charge is 0.491 e. The SMILES string of the molecule is CCOc1ccc(-c2ccc(C(CC(=O)OC(=O)C(F)(F)F)NC(=O)c3cccc(OCCCNc4ccccn4)c3)cc2)cc1. The van der Waals surface area contributed by atoms with Gasteiger partial charge in [0.1, 0.15) is 17.3 Å². The predicted molar refractivity (Wildman–Crippen MR) is 164 cm³/mol. The lowest BCUT2D eigenvalue weighted by Crippen LogP contribution is -2.33. The number of carbonyl (C=O) groups excluding carboxylic acids is 3. The van der Waals surface area contributed by atoms with Crippen molar-refractivity contribution in [2.45, 2.75) is 32.0 Å². The molecule has 9 nitrogen and oxygen atoms in total. The number of hydrogen-bond donors (Lipinski definition) is 2. The van der Waals surface area contributed by atoms with Crippen LogP contribution in [0, 0.1) is 0 Å². The fraction of sp³-hybridized carbons (Fsp3) is 0.235. The molecule has 1 atom stereocenters. The van der Waals surface area contributed by atoms with Crippen LogP contribution in [0.5, 0.6) is 11.5 Å². The first-order valence-electron chi connectivity index (χ1n) is 14.5. The minimum atomic E-state index is -5.34. The van der Waals surface area contributed by atoms with Crippen LogP contribution >= 0.6 is 0 Å². The van der Waals surface area contributed by atoms with Gasteiger partial charge in [0.2, 0.25) is 0 Å². The highest BCUT2D eigenvalue weighted by atomic mass is 19.4. The Balaban J connectivity index is 1.43. The maximum atomic E-state index is 13.3. The topological polar surface area (TPSA) is 116 Å². The molecule has 12 heteroatoms. The van der Waals surface area contributed by atoms with Crippen molar-refractivity contribution in [2.75, 3.05) is 25.1 Å². The summed E-state index contributed by atoms with van der Waals surface area (Å²) in [5.41, 5.74) is 2.29. The number of carbonyl (C=O) groups is 3. The van der Waals surface area contributed by atoms with Crippen molar-refractivity contribution in [1.29, 1.82) is 0 Å². The summed E-state index contributed by atoms with van der Waals surface area (Å²) in [7, 11) is 0. The van der Waals surface area contributed by atoms with E-state index in [9.17, 15) is 27.6 Å². The van der Waals surface area contributed by atoms with E-state index in [-0.39, 0.29) is 5.56 Å². The van der Waals surface area contributed by atoms with Crippen LogP contribution in [0.4, 0.5) is 19.0 Å².